The number of nitrogens with one attached hydrogen (secondary N) is 1. The fourth-order valence-electron chi connectivity index (χ4n) is 15.4. The number of ketones is 2. The van der Waals surface area contributed by atoms with Crippen molar-refractivity contribution >= 4 is 28.9 Å². The molecule has 3 aromatic rings. The summed E-state index contributed by atoms with van der Waals surface area (Å²) in [4.78, 5) is 45.6. The van der Waals surface area contributed by atoms with Crippen LogP contribution in [-0.4, -0.2) is 61.5 Å². The molecular weight excluding hydrogens is 737 g/mol. The highest BCUT2D eigenvalue weighted by Gasteiger charge is 2.73. The predicted molar refractivity (Wildman–Crippen MR) is 230 cm³/mol. The molecule has 0 bridgehead atoms. The van der Waals surface area contributed by atoms with Gasteiger partial charge in [-0.15, -0.1) is 0 Å². The number of hydrogen-bond acceptors (Lipinski definition) is 6. The van der Waals surface area contributed by atoms with Crippen LogP contribution in [0.3, 0.4) is 0 Å². The summed E-state index contributed by atoms with van der Waals surface area (Å²) in [5, 5.41) is 25.0. The van der Waals surface area contributed by atoms with E-state index in [4.69, 9.17) is 4.74 Å². The van der Waals surface area contributed by atoms with Crippen molar-refractivity contribution in [3.05, 3.63) is 70.1 Å². The van der Waals surface area contributed by atoms with Crippen molar-refractivity contribution < 1.29 is 29.3 Å². The Balaban J connectivity index is 1.19. The van der Waals surface area contributed by atoms with E-state index in [1.54, 1.807) is 0 Å². The Bertz CT molecular complexity index is 2220. The highest BCUT2D eigenvalue weighted by molar-refractivity contribution is 6.01. The Morgan fingerprint density at radius 2 is 1.68 bits per heavy atom. The summed E-state index contributed by atoms with van der Waals surface area (Å²) in [6.07, 6.45) is 11.7. The van der Waals surface area contributed by atoms with Crippen LogP contribution in [0.15, 0.2) is 47.8 Å². The standard InChI is InChI=1S/C51H68N2O6/c1-28-20-29(2)22-31(21-28)35(27-54)33-25-53(36-16-19-52-43(33)36)26-34-42-41(30(3)23-37(55)46-47(4,5)59-46)38(56)24-50(42,8)49(7)18-14-39-48(6,45(49)44(34)58)17-15-40(57)51(39,9)32-12-10-11-13-32/h16,19-22,25,27,30,32,34-35,37,39,44-46,52,55,58H,10-15,17-18,23-24,26H2,1-9H3. The van der Waals surface area contributed by atoms with Crippen LogP contribution in [0.1, 0.15) is 141 Å². The summed E-state index contributed by atoms with van der Waals surface area (Å²) in [6, 6.07) is 8.37. The van der Waals surface area contributed by atoms with Crippen LogP contribution in [0.5, 0.6) is 0 Å². The molecule has 1 aliphatic heterocycles. The van der Waals surface area contributed by atoms with E-state index in [0.29, 0.717) is 37.5 Å². The highest BCUT2D eigenvalue weighted by Crippen LogP contribution is 2.76. The average Bonchev–Trinajstić information content (AvgIpc) is 3.74. The summed E-state index contributed by atoms with van der Waals surface area (Å²) in [5.41, 5.74) is 5.76. The second-order valence-electron chi connectivity index (χ2n) is 21.9. The first-order valence-corrected chi connectivity index (χ1v) is 22.8. The molecule has 9 rings (SSSR count). The number of ether oxygens (including phenoxy) is 1. The molecule has 0 spiro atoms. The van der Waals surface area contributed by atoms with Crippen molar-refractivity contribution in [1.29, 1.82) is 0 Å². The minimum Gasteiger partial charge on any atom is -0.392 e. The molecule has 12 atom stereocenters. The molecule has 2 aromatic heterocycles. The first kappa shape index (κ1) is 41.0. The number of carbonyl (C=O) groups is 3. The Labute approximate surface area is 350 Å². The van der Waals surface area contributed by atoms with E-state index in [0.717, 1.165) is 82.8 Å². The summed E-state index contributed by atoms with van der Waals surface area (Å²) >= 11 is 0. The Morgan fingerprint density at radius 1 is 1.00 bits per heavy atom. The maximum absolute atomic E-state index is 14.9. The molecule has 1 saturated heterocycles. The van der Waals surface area contributed by atoms with Crippen molar-refractivity contribution in [2.45, 2.75) is 163 Å². The Kier molecular flexibility index (Phi) is 9.63. The molecule has 59 heavy (non-hydrogen) atoms. The quantitative estimate of drug-likeness (QED) is 0.139. The zero-order valence-electron chi connectivity index (χ0n) is 37.0. The molecule has 1 aromatic carbocycles. The number of aromatic nitrogens is 2. The third-order valence-electron chi connectivity index (χ3n) is 18.2. The molecule has 5 aliphatic carbocycles. The number of allylic oxidation sites excluding steroid dienone is 1. The normalized spacial score (nSPS) is 38.3. The number of aliphatic hydroxyl groups is 2. The molecule has 8 heteroatoms. The number of hydrogen-bond donors (Lipinski definition) is 3. The van der Waals surface area contributed by atoms with E-state index in [2.05, 4.69) is 88.5 Å². The highest BCUT2D eigenvalue weighted by atomic mass is 16.6. The van der Waals surface area contributed by atoms with E-state index >= 15 is 0 Å². The molecule has 6 aliphatic rings. The van der Waals surface area contributed by atoms with Crippen LogP contribution in [0, 0.1) is 65.1 Å². The van der Waals surface area contributed by atoms with Gasteiger partial charge in [0.25, 0.3) is 0 Å². The summed E-state index contributed by atoms with van der Waals surface area (Å²) in [7, 11) is 0. The molecule has 318 valence electrons. The van der Waals surface area contributed by atoms with Gasteiger partial charge in [-0.3, -0.25) is 9.59 Å². The Morgan fingerprint density at radius 3 is 2.32 bits per heavy atom. The minimum absolute atomic E-state index is 0.134. The van der Waals surface area contributed by atoms with Crippen molar-refractivity contribution in [3.8, 4) is 0 Å². The molecule has 4 saturated carbocycles. The van der Waals surface area contributed by atoms with Crippen molar-refractivity contribution in [2.75, 3.05) is 0 Å². The second-order valence-corrected chi connectivity index (χ2v) is 21.9. The van der Waals surface area contributed by atoms with Crippen LogP contribution < -0.4 is 0 Å². The van der Waals surface area contributed by atoms with Gasteiger partial charge in [-0.25, -0.2) is 0 Å². The third kappa shape index (κ3) is 5.87. The molecular formula is C51H68N2O6. The van der Waals surface area contributed by atoms with Crippen molar-refractivity contribution in [2.24, 2.45) is 51.2 Å². The van der Waals surface area contributed by atoms with Gasteiger partial charge in [0.15, 0.2) is 5.78 Å². The topological polar surface area (TPSA) is 125 Å². The smallest absolute Gasteiger partial charge is 0.160 e. The molecule has 5 fully saturated rings. The number of epoxide rings is 1. The lowest BCUT2D eigenvalue weighted by Gasteiger charge is -2.70. The van der Waals surface area contributed by atoms with Crippen molar-refractivity contribution in [3.63, 3.8) is 0 Å². The number of aliphatic hydroxyl groups excluding tert-OH is 2. The van der Waals surface area contributed by atoms with E-state index in [1.165, 1.54) is 12.8 Å². The maximum Gasteiger partial charge on any atom is 0.160 e. The van der Waals surface area contributed by atoms with Crippen LogP contribution in [0.4, 0.5) is 0 Å². The number of aromatic amines is 1. The zero-order chi connectivity index (χ0) is 42.2. The fourth-order valence-corrected chi connectivity index (χ4v) is 15.4. The first-order valence-electron chi connectivity index (χ1n) is 22.8. The van der Waals surface area contributed by atoms with Gasteiger partial charge < -0.3 is 29.3 Å². The SMILES string of the molecule is Cc1cc(C)cc(C(C=O)c2cn(CC3C4=C(C(C)CC(O)C5OC5(C)C)C(=O)CC4(C)C4(C)CCC5C(C)(CCC(=O)C5(C)C5CCCC5)C4C3O)c3cc[nH]c23)c1. The number of Topliss-reactive ketones (excluding diaryl/α,β-unsaturated/α-hetero) is 2. The number of aldehydes is 1. The van der Waals surface area contributed by atoms with Crippen LogP contribution in [0.25, 0.3) is 11.0 Å². The number of fused-ring (bicyclic) bond motifs is 6. The lowest BCUT2D eigenvalue weighted by atomic mass is 9.34. The number of carbonyl (C=O) groups excluding carboxylic acids is 3. The lowest BCUT2D eigenvalue weighted by Crippen LogP contribution is -2.68. The number of aryl methyl sites for hydroxylation is 2. The number of H-pyrrole nitrogens is 1. The summed E-state index contributed by atoms with van der Waals surface area (Å²) in [6.45, 7) is 20.0. The van der Waals surface area contributed by atoms with Gasteiger partial charge >= 0.3 is 0 Å². The molecule has 0 radical (unpaired) electrons. The van der Waals surface area contributed by atoms with E-state index in [1.807, 2.05) is 20.0 Å². The lowest BCUT2D eigenvalue weighted by molar-refractivity contribution is -0.226. The number of rotatable bonds is 10. The largest absolute Gasteiger partial charge is 0.392 e. The van der Waals surface area contributed by atoms with E-state index in [9.17, 15) is 24.6 Å². The van der Waals surface area contributed by atoms with Crippen LogP contribution in [-0.2, 0) is 25.7 Å². The van der Waals surface area contributed by atoms with Crippen molar-refractivity contribution in [1.82, 2.24) is 9.55 Å². The third-order valence-corrected chi connectivity index (χ3v) is 18.2. The van der Waals surface area contributed by atoms with Crippen LogP contribution >= 0.6 is 0 Å². The fraction of sp³-hybridized carbons (Fsp3) is 0.667. The monoisotopic (exact) mass is 805 g/mol. The van der Waals surface area contributed by atoms with Gasteiger partial charge in [0.1, 0.15) is 18.2 Å². The van der Waals surface area contributed by atoms with E-state index < -0.39 is 40.3 Å². The summed E-state index contributed by atoms with van der Waals surface area (Å²) in [5.74, 6) is -0.151. The van der Waals surface area contributed by atoms with Gasteiger partial charge in [0.2, 0.25) is 0 Å². The van der Waals surface area contributed by atoms with Gasteiger partial charge in [0.05, 0.1) is 34.8 Å². The Hall–Kier alpha value is -3.33. The first-order chi connectivity index (χ1) is 27.8. The number of benzene rings is 1. The van der Waals surface area contributed by atoms with Gasteiger partial charge in [-0.1, -0.05) is 76.8 Å². The molecule has 8 nitrogen and oxygen atoms in total. The number of nitrogens with zero attached hydrogens (tertiary/aromatic N) is 1. The molecule has 0 amide bonds. The van der Waals surface area contributed by atoms with Crippen LogP contribution in [0.2, 0.25) is 0 Å². The zero-order valence-corrected chi connectivity index (χ0v) is 37.0. The molecule has 12 unspecified atom stereocenters. The van der Waals surface area contributed by atoms with E-state index in [-0.39, 0.29) is 40.7 Å². The van der Waals surface area contributed by atoms with Gasteiger partial charge in [-0.05, 0) is 123 Å². The summed E-state index contributed by atoms with van der Waals surface area (Å²) < 4.78 is 8.09. The van der Waals surface area contributed by atoms with Gasteiger partial charge in [-0.2, -0.15) is 0 Å². The maximum atomic E-state index is 14.9. The van der Waals surface area contributed by atoms with Gasteiger partial charge in [0, 0.05) is 54.1 Å². The molecule has 3 heterocycles. The minimum atomic E-state index is -0.776. The average molecular weight is 805 g/mol. The molecule has 3 N–H and O–H groups in total. The predicted octanol–water partition coefficient (Wildman–Crippen LogP) is 9.35. The second kappa shape index (κ2) is 13.8.